The smallest absolute Gasteiger partial charge is 0.259 e. The van der Waals surface area contributed by atoms with E-state index in [9.17, 15) is 4.79 Å². The van der Waals surface area contributed by atoms with Crippen LogP contribution >= 0.6 is 0 Å². The minimum atomic E-state index is -0.102. The summed E-state index contributed by atoms with van der Waals surface area (Å²) in [5, 5.41) is 2.99. The van der Waals surface area contributed by atoms with E-state index >= 15 is 0 Å². The number of aryl methyl sites for hydroxylation is 1. The predicted octanol–water partition coefficient (Wildman–Crippen LogP) is 3.11. The Labute approximate surface area is 112 Å². The molecule has 19 heavy (non-hydrogen) atoms. The van der Waals surface area contributed by atoms with Crippen molar-refractivity contribution < 1.29 is 4.79 Å². The van der Waals surface area contributed by atoms with E-state index in [1.165, 1.54) is 0 Å². The lowest BCUT2D eigenvalue weighted by Crippen LogP contribution is -2.18. The number of carbonyl (C=O) groups is 1. The van der Waals surface area contributed by atoms with Crippen LogP contribution in [0.15, 0.2) is 36.5 Å². The van der Waals surface area contributed by atoms with Crippen LogP contribution in [-0.2, 0) is 0 Å². The van der Waals surface area contributed by atoms with Crippen molar-refractivity contribution in [1.82, 2.24) is 4.98 Å². The molecule has 1 aliphatic rings. The van der Waals surface area contributed by atoms with Crippen molar-refractivity contribution in [2.24, 2.45) is 0 Å². The fraction of sp³-hybridized carbons (Fsp3) is 0.200. The summed E-state index contributed by atoms with van der Waals surface area (Å²) >= 11 is 0. The third-order valence-corrected chi connectivity index (χ3v) is 3.38. The van der Waals surface area contributed by atoms with Crippen LogP contribution in [0.2, 0.25) is 0 Å². The van der Waals surface area contributed by atoms with E-state index in [1.807, 2.05) is 31.2 Å². The number of fused-ring (bicyclic) bond motifs is 2. The van der Waals surface area contributed by atoms with Crippen molar-refractivity contribution in [2.45, 2.75) is 13.8 Å². The third-order valence-electron chi connectivity index (χ3n) is 3.38. The monoisotopic (exact) mass is 253 g/mol. The molecule has 0 radical (unpaired) electrons. The van der Waals surface area contributed by atoms with Gasteiger partial charge in [0, 0.05) is 12.7 Å². The van der Waals surface area contributed by atoms with Gasteiger partial charge in [0.25, 0.3) is 5.91 Å². The number of benzene rings is 1. The number of nitrogens with zero attached hydrogens (tertiary/aromatic N) is 2. The molecule has 1 aromatic heterocycles. The van der Waals surface area contributed by atoms with Crippen LogP contribution in [0.25, 0.3) is 0 Å². The number of aromatic nitrogens is 1. The molecule has 0 atom stereocenters. The van der Waals surface area contributed by atoms with Crippen LogP contribution in [0, 0.1) is 6.92 Å². The number of pyridine rings is 1. The molecular weight excluding hydrogens is 238 g/mol. The van der Waals surface area contributed by atoms with Gasteiger partial charge in [-0.1, -0.05) is 12.1 Å². The van der Waals surface area contributed by atoms with Gasteiger partial charge in [0.2, 0.25) is 0 Å². The second-order valence-electron chi connectivity index (χ2n) is 4.54. The van der Waals surface area contributed by atoms with Crippen LogP contribution in [0.4, 0.5) is 17.2 Å². The zero-order chi connectivity index (χ0) is 13.4. The molecule has 1 amide bonds. The lowest BCUT2D eigenvalue weighted by Gasteiger charge is -2.23. The zero-order valence-corrected chi connectivity index (χ0v) is 11.0. The summed E-state index contributed by atoms with van der Waals surface area (Å²) in [6, 6.07) is 9.60. The maximum Gasteiger partial charge on any atom is 0.259 e. The van der Waals surface area contributed by atoms with Gasteiger partial charge in [0.15, 0.2) is 0 Å². The molecule has 4 nitrogen and oxygen atoms in total. The Morgan fingerprint density at radius 2 is 2.11 bits per heavy atom. The summed E-state index contributed by atoms with van der Waals surface area (Å²) in [6.07, 6.45) is 1.72. The summed E-state index contributed by atoms with van der Waals surface area (Å²) in [4.78, 5) is 18.7. The largest absolute Gasteiger partial charge is 0.324 e. The molecule has 0 aliphatic carbocycles. The average molecular weight is 253 g/mol. The number of hydrogen-bond acceptors (Lipinski definition) is 3. The lowest BCUT2D eigenvalue weighted by atomic mass is 10.1. The van der Waals surface area contributed by atoms with Crippen LogP contribution < -0.4 is 10.2 Å². The number of hydrogen-bond donors (Lipinski definition) is 1. The number of anilines is 3. The number of rotatable bonds is 1. The molecule has 1 aromatic carbocycles. The molecule has 0 unspecified atom stereocenters. The number of amides is 1. The first-order chi connectivity index (χ1) is 9.22. The third kappa shape index (κ3) is 1.76. The minimum absolute atomic E-state index is 0.102. The van der Waals surface area contributed by atoms with Crippen LogP contribution in [0.1, 0.15) is 22.8 Å². The quantitative estimate of drug-likeness (QED) is 0.849. The van der Waals surface area contributed by atoms with Gasteiger partial charge in [-0.15, -0.1) is 0 Å². The Morgan fingerprint density at radius 3 is 2.89 bits per heavy atom. The van der Waals surface area contributed by atoms with Gasteiger partial charge >= 0.3 is 0 Å². The highest BCUT2D eigenvalue weighted by Crippen LogP contribution is 2.37. The van der Waals surface area contributed by atoms with Gasteiger partial charge in [0.05, 0.1) is 16.9 Å². The van der Waals surface area contributed by atoms with Gasteiger partial charge in [-0.3, -0.25) is 4.79 Å². The summed E-state index contributed by atoms with van der Waals surface area (Å²) in [5.74, 6) is 0.612. The average Bonchev–Trinajstić information content (AvgIpc) is 2.55. The SMILES string of the molecule is CCN1c2cccc(C)c2NC(=O)c2cccnc21. The van der Waals surface area contributed by atoms with E-state index in [0.29, 0.717) is 11.4 Å². The molecule has 2 aromatic rings. The Hall–Kier alpha value is -2.36. The number of nitrogens with one attached hydrogen (secondary N) is 1. The van der Waals surface area contributed by atoms with E-state index in [2.05, 4.69) is 22.1 Å². The number of para-hydroxylation sites is 1. The van der Waals surface area contributed by atoms with E-state index in [0.717, 1.165) is 23.5 Å². The fourth-order valence-electron chi connectivity index (χ4n) is 2.44. The molecule has 2 heterocycles. The van der Waals surface area contributed by atoms with Crippen molar-refractivity contribution in [3.63, 3.8) is 0 Å². The molecule has 0 fully saturated rings. The van der Waals surface area contributed by atoms with E-state index in [4.69, 9.17) is 0 Å². The molecule has 0 saturated carbocycles. The second kappa shape index (κ2) is 4.39. The zero-order valence-electron chi connectivity index (χ0n) is 11.0. The molecule has 0 bridgehead atoms. The minimum Gasteiger partial charge on any atom is -0.324 e. The van der Waals surface area contributed by atoms with Gasteiger partial charge < -0.3 is 10.2 Å². The van der Waals surface area contributed by atoms with Crippen molar-refractivity contribution in [2.75, 3.05) is 16.8 Å². The molecule has 96 valence electrons. The molecular formula is C15H15N3O. The highest BCUT2D eigenvalue weighted by atomic mass is 16.1. The molecule has 1 aliphatic heterocycles. The Balaban J connectivity index is 2.29. The highest BCUT2D eigenvalue weighted by molar-refractivity contribution is 6.12. The Bertz CT molecular complexity index is 652. The maximum absolute atomic E-state index is 12.3. The van der Waals surface area contributed by atoms with Crippen LogP contribution in [0.5, 0.6) is 0 Å². The standard InChI is InChI=1S/C15H15N3O/c1-3-18-12-8-4-6-10(2)13(12)17-15(19)11-7-5-9-16-14(11)18/h4-9H,3H2,1-2H3,(H,17,19). The summed E-state index contributed by atoms with van der Waals surface area (Å²) in [7, 11) is 0. The van der Waals surface area contributed by atoms with E-state index in [-0.39, 0.29) is 5.91 Å². The van der Waals surface area contributed by atoms with E-state index in [1.54, 1.807) is 12.3 Å². The topological polar surface area (TPSA) is 45.2 Å². The Kier molecular flexibility index (Phi) is 2.71. The van der Waals surface area contributed by atoms with Gasteiger partial charge in [0.1, 0.15) is 5.82 Å². The highest BCUT2D eigenvalue weighted by Gasteiger charge is 2.25. The lowest BCUT2D eigenvalue weighted by molar-refractivity contribution is 0.102. The predicted molar refractivity (Wildman–Crippen MR) is 76.0 cm³/mol. The van der Waals surface area contributed by atoms with Crippen molar-refractivity contribution in [3.05, 3.63) is 47.7 Å². The van der Waals surface area contributed by atoms with Gasteiger partial charge in [-0.05, 0) is 37.6 Å². The second-order valence-corrected chi connectivity index (χ2v) is 4.54. The van der Waals surface area contributed by atoms with Gasteiger partial charge in [-0.25, -0.2) is 4.98 Å². The summed E-state index contributed by atoms with van der Waals surface area (Å²) in [6.45, 7) is 4.81. The van der Waals surface area contributed by atoms with Gasteiger partial charge in [-0.2, -0.15) is 0 Å². The van der Waals surface area contributed by atoms with Crippen molar-refractivity contribution in [1.29, 1.82) is 0 Å². The molecule has 0 saturated heterocycles. The first-order valence-corrected chi connectivity index (χ1v) is 6.36. The Morgan fingerprint density at radius 1 is 1.26 bits per heavy atom. The maximum atomic E-state index is 12.3. The summed E-state index contributed by atoms with van der Waals surface area (Å²) in [5.41, 5.74) is 3.53. The normalized spacial score (nSPS) is 13.4. The summed E-state index contributed by atoms with van der Waals surface area (Å²) < 4.78 is 0. The first-order valence-electron chi connectivity index (χ1n) is 6.36. The molecule has 4 heteroatoms. The number of carbonyl (C=O) groups excluding carboxylic acids is 1. The molecule has 0 spiro atoms. The fourth-order valence-corrected chi connectivity index (χ4v) is 2.44. The molecule has 3 rings (SSSR count). The molecule has 1 N–H and O–H groups in total. The van der Waals surface area contributed by atoms with Crippen LogP contribution in [-0.4, -0.2) is 17.4 Å². The van der Waals surface area contributed by atoms with Crippen LogP contribution in [0.3, 0.4) is 0 Å². The van der Waals surface area contributed by atoms with Crippen molar-refractivity contribution in [3.8, 4) is 0 Å². The first kappa shape index (κ1) is 11.7. The van der Waals surface area contributed by atoms with E-state index < -0.39 is 0 Å². The van der Waals surface area contributed by atoms with Crippen molar-refractivity contribution >= 4 is 23.1 Å².